The zero-order chi connectivity index (χ0) is 14.2. The molecule has 0 saturated heterocycles. The molecule has 0 heterocycles. The Morgan fingerprint density at radius 2 is 1.90 bits per heavy atom. The SMILES string of the molecule is COc1cc(Br)cc(C2(N)CCCC2)c1OC1CCC1. The Hall–Kier alpha value is -0.740. The van der Waals surface area contributed by atoms with Gasteiger partial charge in [-0.1, -0.05) is 28.8 Å². The largest absolute Gasteiger partial charge is 0.493 e. The first-order valence-electron chi connectivity index (χ1n) is 7.46. The third-order valence-electron chi connectivity index (χ3n) is 4.61. The molecule has 0 bridgehead atoms. The predicted octanol–water partition coefficient (Wildman–Crippen LogP) is 4.12. The molecule has 1 aromatic carbocycles. The summed E-state index contributed by atoms with van der Waals surface area (Å²) in [4.78, 5) is 0. The van der Waals surface area contributed by atoms with Crippen molar-refractivity contribution in [2.75, 3.05) is 7.11 Å². The Morgan fingerprint density at radius 3 is 2.45 bits per heavy atom. The van der Waals surface area contributed by atoms with Crippen molar-refractivity contribution in [3.05, 3.63) is 22.2 Å². The number of rotatable bonds is 4. The second-order valence-corrected chi connectivity index (χ2v) is 6.93. The van der Waals surface area contributed by atoms with Gasteiger partial charge in [-0.05, 0) is 44.2 Å². The van der Waals surface area contributed by atoms with E-state index in [9.17, 15) is 0 Å². The van der Waals surface area contributed by atoms with Crippen molar-refractivity contribution in [1.29, 1.82) is 0 Å². The van der Waals surface area contributed by atoms with Gasteiger partial charge < -0.3 is 15.2 Å². The lowest BCUT2D eigenvalue weighted by Gasteiger charge is -2.32. The maximum Gasteiger partial charge on any atom is 0.166 e. The van der Waals surface area contributed by atoms with Gasteiger partial charge >= 0.3 is 0 Å². The van der Waals surface area contributed by atoms with E-state index in [0.29, 0.717) is 6.10 Å². The number of halogens is 1. The third-order valence-corrected chi connectivity index (χ3v) is 5.07. The van der Waals surface area contributed by atoms with Gasteiger partial charge in [0.25, 0.3) is 0 Å². The van der Waals surface area contributed by atoms with Crippen LogP contribution in [-0.2, 0) is 5.54 Å². The molecule has 0 unspecified atom stereocenters. The second kappa shape index (κ2) is 5.57. The Balaban J connectivity index is 2.02. The van der Waals surface area contributed by atoms with Crippen molar-refractivity contribution in [3.63, 3.8) is 0 Å². The molecule has 0 aliphatic heterocycles. The first-order valence-corrected chi connectivity index (χ1v) is 8.25. The summed E-state index contributed by atoms with van der Waals surface area (Å²) < 4.78 is 12.7. The standard InChI is InChI=1S/C16H22BrNO2/c1-19-14-10-11(17)9-13(16(18)7-2-3-8-16)15(14)20-12-5-4-6-12/h9-10,12H,2-8,18H2,1H3. The van der Waals surface area contributed by atoms with Crippen molar-refractivity contribution in [2.45, 2.75) is 56.6 Å². The summed E-state index contributed by atoms with van der Waals surface area (Å²) in [6.45, 7) is 0. The molecule has 2 aliphatic carbocycles. The fourth-order valence-electron chi connectivity index (χ4n) is 3.14. The molecule has 2 aliphatic rings. The molecule has 0 radical (unpaired) electrons. The Labute approximate surface area is 129 Å². The van der Waals surface area contributed by atoms with Gasteiger partial charge in [-0.3, -0.25) is 0 Å². The third kappa shape index (κ3) is 2.56. The van der Waals surface area contributed by atoms with Gasteiger partial charge in [0.05, 0.1) is 13.2 Å². The van der Waals surface area contributed by atoms with Gasteiger partial charge in [-0.25, -0.2) is 0 Å². The monoisotopic (exact) mass is 339 g/mol. The molecular formula is C16H22BrNO2. The van der Waals surface area contributed by atoms with Gasteiger partial charge in [-0.2, -0.15) is 0 Å². The van der Waals surface area contributed by atoms with Crippen LogP contribution in [0, 0.1) is 0 Å². The molecular weight excluding hydrogens is 318 g/mol. The van der Waals surface area contributed by atoms with E-state index in [1.54, 1.807) is 7.11 Å². The van der Waals surface area contributed by atoms with E-state index in [1.165, 1.54) is 19.3 Å². The molecule has 3 rings (SSSR count). The highest BCUT2D eigenvalue weighted by atomic mass is 79.9. The number of methoxy groups -OCH3 is 1. The van der Waals surface area contributed by atoms with Crippen LogP contribution in [0.5, 0.6) is 11.5 Å². The average Bonchev–Trinajstić information content (AvgIpc) is 2.82. The van der Waals surface area contributed by atoms with Crippen LogP contribution in [0.1, 0.15) is 50.5 Å². The van der Waals surface area contributed by atoms with E-state index in [4.69, 9.17) is 15.2 Å². The quantitative estimate of drug-likeness (QED) is 0.897. The number of hydrogen-bond acceptors (Lipinski definition) is 3. The van der Waals surface area contributed by atoms with E-state index in [0.717, 1.165) is 47.2 Å². The molecule has 0 amide bonds. The fourth-order valence-corrected chi connectivity index (χ4v) is 3.58. The minimum absolute atomic E-state index is 0.268. The van der Waals surface area contributed by atoms with Gasteiger partial charge in [-0.15, -0.1) is 0 Å². The Morgan fingerprint density at radius 1 is 1.20 bits per heavy atom. The van der Waals surface area contributed by atoms with Crippen LogP contribution in [0.15, 0.2) is 16.6 Å². The van der Waals surface area contributed by atoms with Crippen molar-refractivity contribution in [1.82, 2.24) is 0 Å². The summed E-state index contributed by atoms with van der Waals surface area (Å²) in [5.41, 5.74) is 7.49. The van der Waals surface area contributed by atoms with E-state index in [1.807, 2.05) is 6.07 Å². The summed E-state index contributed by atoms with van der Waals surface area (Å²) >= 11 is 3.57. The van der Waals surface area contributed by atoms with Crippen LogP contribution in [0.25, 0.3) is 0 Å². The summed E-state index contributed by atoms with van der Waals surface area (Å²) in [5.74, 6) is 1.66. The highest BCUT2D eigenvalue weighted by molar-refractivity contribution is 9.10. The van der Waals surface area contributed by atoms with Crippen LogP contribution in [0.3, 0.4) is 0 Å². The zero-order valence-electron chi connectivity index (χ0n) is 12.0. The summed E-state index contributed by atoms with van der Waals surface area (Å²) in [6.07, 6.45) is 8.27. The fraction of sp³-hybridized carbons (Fsp3) is 0.625. The van der Waals surface area contributed by atoms with Crippen LogP contribution in [0.4, 0.5) is 0 Å². The number of nitrogens with two attached hydrogens (primary N) is 1. The van der Waals surface area contributed by atoms with Crippen molar-refractivity contribution >= 4 is 15.9 Å². The molecule has 4 heteroatoms. The van der Waals surface area contributed by atoms with Crippen LogP contribution in [-0.4, -0.2) is 13.2 Å². The average molecular weight is 340 g/mol. The molecule has 110 valence electrons. The van der Waals surface area contributed by atoms with Gasteiger partial charge in [0.1, 0.15) is 0 Å². The summed E-state index contributed by atoms with van der Waals surface area (Å²) in [7, 11) is 1.69. The second-order valence-electron chi connectivity index (χ2n) is 6.02. The molecule has 3 nitrogen and oxygen atoms in total. The van der Waals surface area contributed by atoms with E-state index >= 15 is 0 Å². The van der Waals surface area contributed by atoms with Gasteiger partial charge in [0.2, 0.25) is 0 Å². The predicted molar refractivity (Wildman–Crippen MR) is 83.3 cm³/mol. The van der Waals surface area contributed by atoms with Crippen LogP contribution >= 0.6 is 15.9 Å². The van der Waals surface area contributed by atoms with Gasteiger partial charge in [0, 0.05) is 15.6 Å². The van der Waals surface area contributed by atoms with Crippen LogP contribution < -0.4 is 15.2 Å². The Kier molecular flexibility index (Phi) is 3.95. The zero-order valence-corrected chi connectivity index (χ0v) is 13.5. The normalized spacial score (nSPS) is 21.6. The van der Waals surface area contributed by atoms with Crippen LogP contribution in [0.2, 0.25) is 0 Å². The lowest BCUT2D eigenvalue weighted by molar-refractivity contribution is 0.112. The molecule has 2 saturated carbocycles. The smallest absolute Gasteiger partial charge is 0.166 e. The topological polar surface area (TPSA) is 44.5 Å². The van der Waals surface area contributed by atoms with Crippen molar-refractivity contribution < 1.29 is 9.47 Å². The van der Waals surface area contributed by atoms with E-state index < -0.39 is 0 Å². The lowest BCUT2D eigenvalue weighted by atomic mass is 9.88. The van der Waals surface area contributed by atoms with E-state index in [-0.39, 0.29) is 5.54 Å². The lowest BCUT2D eigenvalue weighted by Crippen LogP contribution is -2.35. The summed E-state index contributed by atoms with van der Waals surface area (Å²) in [6, 6.07) is 4.08. The van der Waals surface area contributed by atoms with Gasteiger partial charge in [0.15, 0.2) is 11.5 Å². The minimum Gasteiger partial charge on any atom is -0.493 e. The first-order chi connectivity index (χ1) is 9.62. The maximum atomic E-state index is 6.65. The first kappa shape index (κ1) is 14.2. The van der Waals surface area contributed by atoms with Crippen molar-refractivity contribution in [2.24, 2.45) is 5.73 Å². The summed E-state index contributed by atoms with van der Waals surface area (Å²) in [5, 5.41) is 0. The maximum absolute atomic E-state index is 6.65. The molecule has 2 fully saturated rings. The number of benzene rings is 1. The molecule has 1 aromatic rings. The number of ether oxygens (including phenoxy) is 2. The molecule has 2 N–H and O–H groups in total. The highest BCUT2D eigenvalue weighted by Gasteiger charge is 2.36. The number of hydrogen-bond donors (Lipinski definition) is 1. The molecule has 0 atom stereocenters. The van der Waals surface area contributed by atoms with E-state index in [2.05, 4.69) is 22.0 Å². The highest BCUT2D eigenvalue weighted by Crippen LogP contribution is 2.47. The molecule has 0 spiro atoms. The minimum atomic E-state index is -0.268. The molecule has 20 heavy (non-hydrogen) atoms. The molecule has 0 aromatic heterocycles. The Bertz CT molecular complexity index is 493. The van der Waals surface area contributed by atoms with Crippen molar-refractivity contribution in [3.8, 4) is 11.5 Å².